The summed E-state index contributed by atoms with van der Waals surface area (Å²) < 4.78 is 10.5. The fraction of sp³-hybridized carbons (Fsp3) is 0.588. The van der Waals surface area contributed by atoms with Crippen LogP contribution in [0.5, 0.6) is 5.75 Å². The first-order chi connectivity index (χ1) is 11.6. The molecule has 0 saturated carbocycles. The van der Waals surface area contributed by atoms with Crippen LogP contribution >= 0.6 is 0 Å². The molecule has 0 aromatic heterocycles. The van der Waals surface area contributed by atoms with E-state index in [1.807, 2.05) is 24.3 Å². The SMILES string of the molecule is COc1ccc(C[C@H]2NC[C@H](O)[C@H]2OC(=O)NCCCCO)cc1. The lowest BCUT2D eigenvalue weighted by molar-refractivity contribution is 0.0189. The summed E-state index contributed by atoms with van der Waals surface area (Å²) in [6.45, 7) is 0.938. The number of nitrogens with one attached hydrogen (secondary N) is 2. The molecule has 0 unspecified atom stereocenters. The van der Waals surface area contributed by atoms with E-state index in [1.165, 1.54) is 0 Å². The summed E-state index contributed by atoms with van der Waals surface area (Å²) in [6.07, 6.45) is 0.103. The number of carbonyl (C=O) groups is 1. The highest BCUT2D eigenvalue weighted by Gasteiger charge is 2.37. The van der Waals surface area contributed by atoms with E-state index in [2.05, 4.69) is 10.6 Å². The second-order valence-corrected chi connectivity index (χ2v) is 5.86. The molecule has 3 atom stereocenters. The van der Waals surface area contributed by atoms with Crippen LogP contribution in [0.1, 0.15) is 18.4 Å². The Morgan fingerprint density at radius 1 is 1.33 bits per heavy atom. The number of rotatable bonds is 8. The molecule has 24 heavy (non-hydrogen) atoms. The van der Waals surface area contributed by atoms with Crippen LogP contribution in [0.4, 0.5) is 4.79 Å². The molecule has 1 aliphatic rings. The van der Waals surface area contributed by atoms with Crippen LogP contribution in [0.2, 0.25) is 0 Å². The molecule has 1 aromatic rings. The molecule has 7 heteroatoms. The predicted molar refractivity (Wildman–Crippen MR) is 89.1 cm³/mol. The van der Waals surface area contributed by atoms with Gasteiger partial charge in [0.15, 0.2) is 0 Å². The van der Waals surface area contributed by atoms with E-state index in [1.54, 1.807) is 7.11 Å². The van der Waals surface area contributed by atoms with Crippen LogP contribution in [0, 0.1) is 0 Å². The number of hydrogen-bond acceptors (Lipinski definition) is 6. The van der Waals surface area contributed by atoms with Crippen LogP contribution in [-0.2, 0) is 11.2 Å². The quantitative estimate of drug-likeness (QED) is 0.513. The van der Waals surface area contributed by atoms with Crippen LogP contribution in [0.25, 0.3) is 0 Å². The zero-order valence-electron chi connectivity index (χ0n) is 13.9. The molecule has 1 saturated heterocycles. The third-order valence-electron chi connectivity index (χ3n) is 4.08. The van der Waals surface area contributed by atoms with E-state index in [4.69, 9.17) is 14.6 Å². The number of aliphatic hydroxyl groups excluding tert-OH is 2. The van der Waals surface area contributed by atoms with Crippen molar-refractivity contribution in [2.45, 2.75) is 37.5 Å². The van der Waals surface area contributed by atoms with E-state index in [0.29, 0.717) is 32.4 Å². The van der Waals surface area contributed by atoms with E-state index in [9.17, 15) is 9.90 Å². The molecule has 1 aromatic carbocycles. The van der Waals surface area contributed by atoms with Gasteiger partial charge in [-0.1, -0.05) is 12.1 Å². The van der Waals surface area contributed by atoms with E-state index in [-0.39, 0.29) is 12.6 Å². The third kappa shape index (κ3) is 5.36. The van der Waals surface area contributed by atoms with Gasteiger partial charge >= 0.3 is 6.09 Å². The minimum Gasteiger partial charge on any atom is -0.497 e. The van der Waals surface area contributed by atoms with Crippen molar-refractivity contribution in [3.8, 4) is 5.75 Å². The second kappa shape index (κ2) is 9.46. The number of aliphatic hydroxyl groups is 2. The highest BCUT2D eigenvalue weighted by atomic mass is 16.6. The Labute approximate surface area is 142 Å². The lowest BCUT2D eigenvalue weighted by Gasteiger charge is -2.22. The summed E-state index contributed by atoms with van der Waals surface area (Å²) in [7, 11) is 1.62. The van der Waals surface area contributed by atoms with Crippen molar-refractivity contribution in [1.29, 1.82) is 0 Å². The third-order valence-corrected chi connectivity index (χ3v) is 4.08. The molecule has 1 amide bonds. The summed E-state index contributed by atoms with van der Waals surface area (Å²) in [6, 6.07) is 7.53. The van der Waals surface area contributed by atoms with Gasteiger partial charge in [-0.15, -0.1) is 0 Å². The number of carbonyl (C=O) groups excluding carboxylic acids is 1. The highest BCUT2D eigenvalue weighted by molar-refractivity contribution is 5.67. The molecule has 7 nitrogen and oxygen atoms in total. The minimum atomic E-state index is -0.726. The van der Waals surface area contributed by atoms with Crippen molar-refractivity contribution in [1.82, 2.24) is 10.6 Å². The Hall–Kier alpha value is -1.83. The molecule has 0 radical (unpaired) electrons. The van der Waals surface area contributed by atoms with Gasteiger partial charge in [-0.05, 0) is 37.0 Å². The fourth-order valence-corrected chi connectivity index (χ4v) is 2.73. The number of amides is 1. The summed E-state index contributed by atoms with van der Waals surface area (Å²) in [4.78, 5) is 11.8. The molecule has 1 heterocycles. The van der Waals surface area contributed by atoms with Crippen molar-refractivity contribution in [3.05, 3.63) is 29.8 Å². The number of methoxy groups -OCH3 is 1. The van der Waals surface area contributed by atoms with Crippen LogP contribution in [0.15, 0.2) is 24.3 Å². The lowest BCUT2D eigenvalue weighted by Crippen LogP contribution is -2.41. The summed E-state index contributed by atoms with van der Waals surface area (Å²) >= 11 is 0. The zero-order chi connectivity index (χ0) is 17.4. The molecule has 0 aliphatic carbocycles. The minimum absolute atomic E-state index is 0.103. The number of hydrogen-bond donors (Lipinski definition) is 4. The smallest absolute Gasteiger partial charge is 0.407 e. The Bertz CT molecular complexity index is 508. The molecule has 4 N–H and O–H groups in total. The van der Waals surface area contributed by atoms with Crippen molar-refractivity contribution in [3.63, 3.8) is 0 Å². The Morgan fingerprint density at radius 2 is 2.08 bits per heavy atom. The van der Waals surface area contributed by atoms with Crippen molar-refractivity contribution < 1.29 is 24.5 Å². The van der Waals surface area contributed by atoms with Crippen LogP contribution in [0.3, 0.4) is 0 Å². The van der Waals surface area contributed by atoms with Gasteiger partial charge in [0, 0.05) is 19.7 Å². The van der Waals surface area contributed by atoms with Crippen molar-refractivity contribution in [2.24, 2.45) is 0 Å². The predicted octanol–water partition coefficient (Wildman–Crippen LogP) is 0.438. The number of β-amino-alcohol motifs (C(OH)–C–C–N with tert-alkyl or cyclic N) is 1. The van der Waals surface area contributed by atoms with Gasteiger partial charge in [-0.25, -0.2) is 4.79 Å². The zero-order valence-corrected chi connectivity index (χ0v) is 13.9. The first-order valence-electron chi connectivity index (χ1n) is 8.23. The van der Waals surface area contributed by atoms with Gasteiger partial charge < -0.3 is 30.3 Å². The van der Waals surface area contributed by atoms with Gasteiger partial charge in [-0.3, -0.25) is 0 Å². The maximum atomic E-state index is 11.8. The average Bonchev–Trinajstić information content (AvgIpc) is 2.93. The summed E-state index contributed by atoms with van der Waals surface area (Å²) in [5.74, 6) is 0.785. The number of ether oxygens (including phenoxy) is 2. The molecular weight excluding hydrogens is 312 g/mol. The molecule has 0 bridgehead atoms. The van der Waals surface area contributed by atoms with Crippen molar-refractivity contribution in [2.75, 3.05) is 26.8 Å². The largest absolute Gasteiger partial charge is 0.497 e. The fourth-order valence-electron chi connectivity index (χ4n) is 2.73. The Kier molecular flexibility index (Phi) is 7.30. The molecular formula is C17H26N2O5. The molecule has 1 aliphatic heterocycles. The van der Waals surface area contributed by atoms with Crippen molar-refractivity contribution >= 4 is 6.09 Å². The first-order valence-corrected chi connectivity index (χ1v) is 8.23. The normalized spacial score (nSPS) is 23.0. The average molecular weight is 338 g/mol. The molecule has 0 spiro atoms. The van der Waals surface area contributed by atoms with E-state index in [0.717, 1.165) is 11.3 Å². The van der Waals surface area contributed by atoms with E-state index < -0.39 is 18.3 Å². The van der Waals surface area contributed by atoms with Gasteiger partial charge in [0.1, 0.15) is 18.0 Å². The molecule has 1 fully saturated rings. The monoisotopic (exact) mass is 338 g/mol. The number of alkyl carbamates (subject to hydrolysis) is 1. The number of benzene rings is 1. The maximum Gasteiger partial charge on any atom is 0.407 e. The van der Waals surface area contributed by atoms with Crippen LogP contribution < -0.4 is 15.4 Å². The molecule has 2 rings (SSSR count). The maximum absolute atomic E-state index is 11.8. The summed E-state index contributed by atoms with van der Waals surface area (Å²) in [5, 5.41) is 24.6. The summed E-state index contributed by atoms with van der Waals surface area (Å²) in [5.41, 5.74) is 1.07. The van der Waals surface area contributed by atoms with Gasteiger partial charge in [-0.2, -0.15) is 0 Å². The van der Waals surface area contributed by atoms with E-state index >= 15 is 0 Å². The lowest BCUT2D eigenvalue weighted by atomic mass is 10.0. The van der Waals surface area contributed by atoms with Gasteiger partial charge in [0.05, 0.1) is 13.2 Å². The second-order valence-electron chi connectivity index (χ2n) is 5.86. The Balaban J connectivity index is 1.85. The standard InChI is InChI=1S/C17H26N2O5/c1-23-13-6-4-12(5-7-13)10-14-16(15(21)11-19-14)24-17(22)18-8-2-3-9-20/h4-7,14-16,19-21H,2-3,8-11H2,1H3,(H,18,22)/t14-,15+,16+/m1/s1. The Morgan fingerprint density at radius 3 is 2.75 bits per heavy atom. The van der Waals surface area contributed by atoms with Gasteiger partial charge in [0.25, 0.3) is 0 Å². The van der Waals surface area contributed by atoms with Gasteiger partial charge in [0.2, 0.25) is 0 Å². The van der Waals surface area contributed by atoms with Crippen LogP contribution in [-0.4, -0.2) is 61.4 Å². The highest BCUT2D eigenvalue weighted by Crippen LogP contribution is 2.19. The first kappa shape index (κ1) is 18.5. The molecule has 134 valence electrons. The number of unbranched alkanes of at least 4 members (excludes halogenated alkanes) is 1. The topological polar surface area (TPSA) is 100 Å².